The second-order valence-corrected chi connectivity index (χ2v) is 26.7. The molecule has 0 aliphatic rings. The lowest BCUT2D eigenvalue weighted by Gasteiger charge is -2.19. The van der Waals surface area contributed by atoms with Crippen molar-refractivity contribution in [2.45, 2.75) is 3.77 Å². The zero-order valence-corrected chi connectivity index (χ0v) is 21.9. The molecule has 1 aromatic carbocycles. The zero-order chi connectivity index (χ0) is 14.4. The molecule has 0 aromatic heterocycles. The minimum absolute atomic E-state index is 0.0567. The van der Waals surface area contributed by atoms with Gasteiger partial charge in [-0.05, 0) is 165 Å². The third-order valence-electron chi connectivity index (χ3n) is 1.86. The van der Waals surface area contributed by atoms with E-state index in [0.717, 1.165) is 11.1 Å². The lowest BCUT2D eigenvalue weighted by atomic mass is 10.2. The van der Waals surface area contributed by atoms with Crippen molar-refractivity contribution in [1.82, 2.24) is 0 Å². The normalized spacial score (nSPS) is 13.7. The van der Waals surface area contributed by atoms with Crippen LogP contribution >= 0.6 is 136 Å². The van der Waals surface area contributed by atoms with Gasteiger partial charge in [-0.2, -0.15) is 8.42 Å². The van der Waals surface area contributed by atoms with Crippen LogP contribution in [-0.2, 0) is 8.99 Å². The van der Waals surface area contributed by atoms with Crippen molar-refractivity contribution in [2.24, 2.45) is 0 Å². The maximum absolute atomic E-state index is 11.3. The summed E-state index contributed by atoms with van der Waals surface area (Å²) in [6.07, 6.45) is 0. The van der Waals surface area contributed by atoms with E-state index in [1.54, 1.807) is 0 Å². The van der Waals surface area contributed by atoms with Crippen LogP contribution in [0.4, 0.5) is 0 Å². The fraction of sp³-hybridized carbons (Fsp3) is 0.250. The molecule has 1 rings (SSSR count). The Balaban J connectivity index is 3.60. The van der Waals surface area contributed by atoms with Crippen LogP contribution in [0.15, 0.2) is 23.1 Å². The molecule has 102 valence electrons. The fourth-order valence-corrected chi connectivity index (χ4v) is 3.50. The van der Waals surface area contributed by atoms with Crippen LogP contribution in [0, 0.1) is 0 Å². The number of rotatable bonds is 3. The fourth-order valence-electron chi connectivity index (χ4n) is 1.08. The maximum atomic E-state index is 11.3. The van der Waals surface area contributed by atoms with Gasteiger partial charge in [0.1, 0.15) is -1.13 Å². The van der Waals surface area contributed by atoms with Gasteiger partial charge in [0.25, 0.3) is 10.1 Å². The minimum atomic E-state index is -4.19. The van der Waals surface area contributed by atoms with Crippen molar-refractivity contribution in [3.05, 3.63) is 29.3 Å². The minimum Gasteiger partial charge on any atom is -0.282 e. The van der Waals surface area contributed by atoms with Crippen LogP contribution in [0.3, 0.4) is 0 Å². The van der Waals surface area contributed by atoms with Gasteiger partial charge in [0.15, 0.2) is 0 Å². The molecule has 3 nitrogen and oxygen atoms in total. The van der Waals surface area contributed by atoms with Crippen LogP contribution in [0.25, 0.3) is 0 Å². The second-order valence-electron chi connectivity index (χ2n) is 3.22. The first kappa shape index (κ1) is 19.6. The van der Waals surface area contributed by atoms with Crippen molar-refractivity contribution in [2.75, 3.05) is 0 Å². The van der Waals surface area contributed by atoms with Gasteiger partial charge in [0, 0.05) is 0 Å². The average Bonchev–Trinajstić information content (AvgIpc) is 2.13. The second kappa shape index (κ2) is 6.95. The first-order valence-electron chi connectivity index (χ1n) is 4.09. The van der Waals surface area contributed by atoms with E-state index in [2.05, 4.69) is 136 Å². The van der Waals surface area contributed by atoms with E-state index < -0.39 is 10.1 Å². The number of benzene rings is 1. The molecule has 0 saturated heterocycles. The summed E-state index contributed by atoms with van der Waals surface area (Å²) in [5.41, 5.74) is 1.70. The Hall–Kier alpha value is 3.51. The van der Waals surface area contributed by atoms with Crippen LogP contribution in [-0.4, -0.2) is 13.0 Å². The highest BCUT2D eigenvalue weighted by Crippen LogP contribution is 2.51. The Morgan fingerprint density at radius 3 is 1.39 bits per heavy atom. The molecule has 18 heavy (non-hydrogen) atoms. The molecular weight excluding hydrogens is 938 g/mol. The van der Waals surface area contributed by atoms with E-state index >= 15 is 0 Å². The smallest absolute Gasteiger partial charge is 0.282 e. The third-order valence-corrected chi connectivity index (χ3v) is 6.43. The SMILES string of the molecule is O=S(=O)(O)c1cc(C(I)(I)I)cc(C(I)(I)I)c1. The molecule has 0 radical (unpaired) electrons. The quantitative estimate of drug-likeness (QED) is 0.239. The topological polar surface area (TPSA) is 54.4 Å². The summed E-state index contributed by atoms with van der Waals surface area (Å²) in [5, 5.41) is 0. The molecule has 0 heterocycles. The number of hydrogen-bond acceptors (Lipinski definition) is 2. The molecule has 0 spiro atoms. The van der Waals surface area contributed by atoms with Crippen LogP contribution in [0.2, 0.25) is 0 Å². The maximum Gasteiger partial charge on any atom is 0.294 e. The molecule has 0 fully saturated rings. The Morgan fingerprint density at radius 2 is 1.17 bits per heavy atom. The van der Waals surface area contributed by atoms with Crippen molar-refractivity contribution < 1.29 is 13.0 Å². The number of halogens is 6. The summed E-state index contributed by atoms with van der Waals surface area (Å²) < 4.78 is 31.4. The van der Waals surface area contributed by atoms with Gasteiger partial charge in [0.05, 0.1) is 4.90 Å². The summed E-state index contributed by atoms with van der Waals surface area (Å²) in [7, 11) is -4.19. The Morgan fingerprint density at radius 1 is 0.833 bits per heavy atom. The van der Waals surface area contributed by atoms with Gasteiger partial charge < -0.3 is 0 Å². The monoisotopic (exact) mass is 941 g/mol. The van der Waals surface area contributed by atoms with E-state index in [4.69, 9.17) is 0 Å². The van der Waals surface area contributed by atoms with Crippen LogP contribution < -0.4 is 0 Å². The van der Waals surface area contributed by atoms with E-state index in [1.165, 1.54) is 12.1 Å². The van der Waals surface area contributed by atoms with E-state index in [-0.39, 0.29) is 3.77 Å². The summed E-state index contributed by atoms with van der Waals surface area (Å²) in [6.45, 7) is 0. The van der Waals surface area contributed by atoms with Crippen molar-refractivity contribution >= 4 is 146 Å². The molecule has 0 amide bonds. The summed E-state index contributed by atoms with van der Waals surface area (Å²) >= 11 is 13.3. The molecular formula is C8H4I6O3S. The summed E-state index contributed by atoms with van der Waals surface area (Å²) in [5.74, 6) is 0. The molecule has 0 aliphatic heterocycles. The Bertz CT molecular complexity index is 525. The van der Waals surface area contributed by atoms with E-state index in [1.807, 2.05) is 6.07 Å². The lowest BCUT2D eigenvalue weighted by molar-refractivity contribution is 0.483. The summed E-state index contributed by atoms with van der Waals surface area (Å²) in [6, 6.07) is 4.99. The molecule has 10 heteroatoms. The third kappa shape index (κ3) is 5.95. The highest BCUT2D eigenvalue weighted by atomic mass is 127. The number of hydrogen-bond donors (Lipinski definition) is 1. The van der Waals surface area contributed by atoms with Gasteiger partial charge in [-0.25, -0.2) is 0 Å². The van der Waals surface area contributed by atoms with Crippen LogP contribution in [0.1, 0.15) is 11.1 Å². The van der Waals surface area contributed by atoms with Gasteiger partial charge in [-0.1, -0.05) is 0 Å². The highest BCUT2D eigenvalue weighted by molar-refractivity contribution is 14.3. The van der Waals surface area contributed by atoms with Crippen molar-refractivity contribution in [1.29, 1.82) is 0 Å². The predicted octanol–water partition coefficient (Wildman–Crippen LogP) is 5.76. The Labute approximate surface area is 187 Å². The predicted molar refractivity (Wildman–Crippen MR) is 124 cm³/mol. The van der Waals surface area contributed by atoms with Gasteiger partial charge in [-0.15, -0.1) is 0 Å². The van der Waals surface area contributed by atoms with E-state index in [0.29, 0.717) is 0 Å². The standard InChI is InChI=1S/C8H4I6O3S/c9-7(10,11)4-1-5(8(12,13)14)3-6(2-4)18(15,16)17/h1-3H,(H,15,16,17). The van der Waals surface area contributed by atoms with Crippen LogP contribution in [0.5, 0.6) is 0 Å². The zero-order valence-electron chi connectivity index (χ0n) is 8.17. The van der Waals surface area contributed by atoms with Crippen molar-refractivity contribution in [3.8, 4) is 0 Å². The highest BCUT2D eigenvalue weighted by Gasteiger charge is 2.28. The molecule has 0 unspecified atom stereocenters. The Kier molecular flexibility index (Phi) is 7.55. The largest absolute Gasteiger partial charge is 0.294 e. The molecule has 0 atom stereocenters. The molecule has 1 aromatic rings. The average molecular weight is 942 g/mol. The van der Waals surface area contributed by atoms with E-state index in [9.17, 15) is 13.0 Å². The summed E-state index contributed by atoms with van der Waals surface area (Å²) in [4.78, 5) is -0.0567. The number of alkyl halides is 6. The first-order chi connectivity index (χ1) is 7.82. The van der Waals surface area contributed by atoms with Gasteiger partial charge in [0.2, 0.25) is 0 Å². The lowest BCUT2D eigenvalue weighted by Crippen LogP contribution is -2.08. The molecule has 0 saturated carbocycles. The molecule has 0 aliphatic carbocycles. The molecule has 0 bridgehead atoms. The first-order valence-corrected chi connectivity index (χ1v) is 12.0. The van der Waals surface area contributed by atoms with Gasteiger partial charge >= 0.3 is 0 Å². The molecule has 1 N–H and O–H groups in total. The van der Waals surface area contributed by atoms with Crippen molar-refractivity contribution in [3.63, 3.8) is 0 Å². The van der Waals surface area contributed by atoms with Gasteiger partial charge in [-0.3, -0.25) is 4.55 Å².